The molecule has 1 N–H and O–H groups in total. The Balaban J connectivity index is 1.52. The summed E-state index contributed by atoms with van der Waals surface area (Å²) >= 11 is 2.90. The first-order chi connectivity index (χ1) is 15.1. The van der Waals surface area contributed by atoms with Gasteiger partial charge in [0, 0.05) is 22.7 Å². The van der Waals surface area contributed by atoms with Gasteiger partial charge in [-0.2, -0.15) is 5.10 Å². The van der Waals surface area contributed by atoms with E-state index in [4.69, 9.17) is 4.98 Å². The maximum absolute atomic E-state index is 13.2. The first-order valence-electron chi connectivity index (χ1n) is 9.71. The van der Waals surface area contributed by atoms with Gasteiger partial charge in [0.05, 0.1) is 27.7 Å². The summed E-state index contributed by atoms with van der Waals surface area (Å²) < 4.78 is 5.74. The number of thiophene rings is 1. The number of rotatable bonds is 5. The van der Waals surface area contributed by atoms with Crippen LogP contribution >= 0.6 is 22.9 Å². The fourth-order valence-electron chi connectivity index (χ4n) is 3.35. The maximum atomic E-state index is 13.2. The van der Waals surface area contributed by atoms with Gasteiger partial charge in [0.1, 0.15) is 5.69 Å². The molecule has 0 spiro atoms. The van der Waals surface area contributed by atoms with E-state index in [0.29, 0.717) is 16.9 Å². The van der Waals surface area contributed by atoms with Gasteiger partial charge < -0.3 is 5.32 Å². The summed E-state index contributed by atoms with van der Waals surface area (Å²) in [6, 6.07) is 13.5. The summed E-state index contributed by atoms with van der Waals surface area (Å²) in [4.78, 5) is 19.1. The van der Waals surface area contributed by atoms with Gasteiger partial charge in [-0.1, -0.05) is 22.7 Å². The number of anilines is 1. The maximum Gasteiger partial charge on any atom is 0.256 e. The van der Waals surface area contributed by atoms with Gasteiger partial charge in [0.15, 0.2) is 5.65 Å². The van der Waals surface area contributed by atoms with Crippen molar-refractivity contribution in [3.05, 3.63) is 65.0 Å². The molecule has 0 radical (unpaired) electrons. The number of aromatic nitrogens is 5. The van der Waals surface area contributed by atoms with Crippen LogP contribution < -0.4 is 5.32 Å². The summed E-state index contributed by atoms with van der Waals surface area (Å²) in [6.45, 7) is 4.09. The summed E-state index contributed by atoms with van der Waals surface area (Å²) in [5, 5.41) is 16.2. The number of benzene rings is 1. The van der Waals surface area contributed by atoms with Gasteiger partial charge in [-0.05, 0) is 55.0 Å². The van der Waals surface area contributed by atoms with E-state index in [2.05, 4.69) is 20.0 Å². The lowest BCUT2D eigenvalue weighted by Crippen LogP contribution is -2.13. The predicted molar refractivity (Wildman–Crippen MR) is 125 cm³/mol. The number of carbonyl (C=O) groups is 1. The molecule has 0 unspecified atom stereocenters. The monoisotopic (exact) mass is 446 g/mol. The Morgan fingerprint density at radius 2 is 1.97 bits per heavy atom. The summed E-state index contributed by atoms with van der Waals surface area (Å²) in [6.07, 6.45) is 1.72. The van der Waals surface area contributed by atoms with Crippen LogP contribution in [0.4, 0.5) is 5.69 Å². The van der Waals surface area contributed by atoms with Crippen LogP contribution in [-0.2, 0) is 0 Å². The van der Waals surface area contributed by atoms with Crippen LogP contribution in [0.15, 0.2) is 59.4 Å². The molecule has 1 amide bonds. The van der Waals surface area contributed by atoms with E-state index in [-0.39, 0.29) is 11.9 Å². The molecular weight excluding hydrogens is 428 g/mol. The van der Waals surface area contributed by atoms with Gasteiger partial charge in [0.25, 0.3) is 5.91 Å². The molecule has 7 nitrogen and oxygen atoms in total. The fraction of sp³-hybridized carbons (Fsp3) is 0.136. The van der Waals surface area contributed by atoms with Gasteiger partial charge in [-0.25, -0.2) is 9.67 Å². The summed E-state index contributed by atoms with van der Waals surface area (Å²) in [5.74, 6) is -0.198. The molecule has 0 aliphatic rings. The molecule has 31 heavy (non-hydrogen) atoms. The number of hydrogen-bond acceptors (Lipinski definition) is 7. The number of hydrogen-bond donors (Lipinski definition) is 1. The predicted octanol–water partition coefficient (Wildman–Crippen LogP) is 5.51. The zero-order valence-corrected chi connectivity index (χ0v) is 18.4. The van der Waals surface area contributed by atoms with Gasteiger partial charge in [-0.15, -0.1) is 16.4 Å². The Morgan fingerprint density at radius 3 is 2.65 bits per heavy atom. The zero-order valence-electron chi connectivity index (χ0n) is 16.8. The molecule has 154 valence electrons. The van der Waals surface area contributed by atoms with E-state index >= 15 is 0 Å². The minimum Gasteiger partial charge on any atom is -0.322 e. The average Bonchev–Trinajstić information content (AvgIpc) is 3.55. The Labute approximate surface area is 186 Å². The highest BCUT2D eigenvalue weighted by Gasteiger charge is 2.19. The number of carbonyl (C=O) groups excluding carboxylic acids is 1. The Morgan fingerprint density at radius 1 is 1.13 bits per heavy atom. The Hall–Kier alpha value is -3.43. The van der Waals surface area contributed by atoms with E-state index in [1.165, 1.54) is 11.5 Å². The van der Waals surface area contributed by atoms with Gasteiger partial charge >= 0.3 is 0 Å². The van der Waals surface area contributed by atoms with Crippen molar-refractivity contribution in [2.24, 2.45) is 0 Å². The lowest BCUT2D eigenvalue weighted by Gasteiger charge is -2.11. The Kier molecular flexibility index (Phi) is 5.05. The smallest absolute Gasteiger partial charge is 0.256 e. The first-order valence-corrected chi connectivity index (χ1v) is 11.4. The minimum absolute atomic E-state index is 0.132. The molecule has 5 aromatic rings. The second kappa shape index (κ2) is 8.01. The van der Waals surface area contributed by atoms with Crippen LogP contribution in [0.25, 0.3) is 32.9 Å². The van der Waals surface area contributed by atoms with Crippen LogP contribution in [-0.4, -0.2) is 30.3 Å². The van der Waals surface area contributed by atoms with Crippen molar-refractivity contribution in [3.63, 3.8) is 0 Å². The van der Waals surface area contributed by atoms with Gasteiger partial charge in [0.2, 0.25) is 0 Å². The summed E-state index contributed by atoms with van der Waals surface area (Å²) in [7, 11) is 0. The second-order valence-corrected chi connectivity index (χ2v) is 8.83. The third-order valence-corrected chi connectivity index (χ3v) is 6.27. The van der Waals surface area contributed by atoms with Crippen molar-refractivity contribution in [2.45, 2.75) is 19.9 Å². The lowest BCUT2D eigenvalue weighted by atomic mass is 10.1. The SMILES string of the molecule is CC(C)n1ncc2c(C(=O)Nc3ccc(-c4csnn4)cc3)cc(-c3cccs3)nc21. The van der Waals surface area contributed by atoms with E-state index < -0.39 is 0 Å². The normalized spacial score (nSPS) is 11.3. The number of amides is 1. The molecule has 5 rings (SSSR count). The molecular formula is C22H18N6OS2. The van der Waals surface area contributed by atoms with E-state index in [0.717, 1.165) is 27.2 Å². The topological polar surface area (TPSA) is 85.6 Å². The zero-order chi connectivity index (χ0) is 21.4. The molecule has 9 heteroatoms. The van der Waals surface area contributed by atoms with Crippen molar-refractivity contribution in [1.82, 2.24) is 24.4 Å². The second-order valence-electron chi connectivity index (χ2n) is 7.27. The Bertz CT molecular complexity index is 1340. The van der Waals surface area contributed by atoms with Crippen molar-refractivity contribution in [2.75, 3.05) is 5.32 Å². The van der Waals surface area contributed by atoms with Crippen LogP contribution in [0.3, 0.4) is 0 Å². The van der Waals surface area contributed by atoms with E-state index in [1.807, 2.05) is 71.8 Å². The van der Waals surface area contributed by atoms with Crippen molar-refractivity contribution < 1.29 is 4.79 Å². The molecule has 0 atom stereocenters. The number of fused-ring (bicyclic) bond motifs is 1. The summed E-state index contributed by atoms with van der Waals surface area (Å²) in [5.41, 5.74) is 4.50. The highest BCUT2D eigenvalue weighted by atomic mass is 32.1. The highest BCUT2D eigenvalue weighted by molar-refractivity contribution is 7.13. The van der Waals surface area contributed by atoms with E-state index in [9.17, 15) is 4.79 Å². The molecule has 0 fully saturated rings. The average molecular weight is 447 g/mol. The lowest BCUT2D eigenvalue weighted by molar-refractivity contribution is 0.102. The molecule has 0 aliphatic carbocycles. The molecule has 0 bridgehead atoms. The number of pyridine rings is 1. The standard InChI is InChI=1S/C22H18N6OS2/c1-13(2)28-21-17(11-23-28)16(10-18(25-21)20-4-3-9-30-20)22(29)24-15-7-5-14(6-8-15)19-12-31-27-26-19/h3-13H,1-2H3,(H,24,29). The molecule has 0 aliphatic heterocycles. The fourth-order valence-corrected chi connectivity index (χ4v) is 4.50. The van der Waals surface area contributed by atoms with Crippen LogP contribution in [0.1, 0.15) is 30.2 Å². The van der Waals surface area contributed by atoms with Crippen LogP contribution in [0, 0.1) is 0 Å². The van der Waals surface area contributed by atoms with Crippen molar-refractivity contribution in [1.29, 1.82) is 0 Å². The largest absolute Gasteiger partial charge is 0.322 e. The minimum atomic E-state index is -0.198. The van der Waals surface area contributed by atoms with Crippen LogP contribution in [0.2, 0.25) is 0 Å². The highest BCUT2D eigenvalue weighted by Crippen LogP contribution is 2.29. The van der Waals surface area contributed by atoms with Crippen molar-refractivity contribution in [3.8, 4) is 21.8 Å². The molecule has 1 aromatic carbocycles. The van der Waals surface area contributed by atoms with Crippen molar-refractivity contribution >= 4 is 45.5 Å². The third-order valence-electron chi connectivity index (χ3n) is 4.87. The molecule has 0 saturated carbocycles. The quantitative estimate of drug-likeness (QED) is 0.385. The molecule has 4 heterocycles. The molecule has 0 saturated heterocycles. The number of nitrogens with zero attached hydrogens (tertiary/aromatic N) is 5. The van der Waals surface area contributed by atoms with E-state index in [1.54, 1.807) is 17.5 Å². The third kappa shape index (κ3) is 3.73. The van der Waals surface area contributed by atoms with Crippen LogP contribution in [0.5, 0.6) is 0 Å². The first kappa shape index (κ1) is 19.5. The molecule has 4 aromatic heterocycles. The number of nitrogens with one attached hydrogen (secondary N) is 1. The van der Waals surface area contributed by atoms with Gasteiger partial charge in [-0.3, -0.25) is 4.79 Å².